The highest BCUT2D eigenvalue weighted by molar-refractivity contribution is 6.31. The topological polar surface area (TPSA) is 56.5 Å². The Morgan fingerprint density at radius 3 is 2.62 bits per heavy atom. The summed E-state index contributed by atoms with van der Waals surface area (Å²) >= 11 is 5.67. The van der Waals surface area contributed by atoms with Gasteiger partial charge in [0, 0.05) is 24.2 Å². The smallest absolute Gasteiger partial charge is 0.143 e. The number of benzene rings is 2. The second-order valence-electron chi connectivity index (χ2n) is 4.38. The van der Waals surface area contributed by atoms with Crippen molar-refractivity contribution in [3.05, 3.63) is 46.7 Å². The summed E-state index contributed by atoms with van der Waals surface area (Å²) in [5.74, 6) is 0.859. The summed E-state index contributed by atoms with van der Waals surface area (Å²) < 4.78 is 23.9. The summed E-state index contributed by atoms with van der Waals surface area (Å²) in [5.41, 5.74) is 7.57. The second-order valence-corrected chi connectivity index (χ2v) is 4.79. The lowest BCUT2D eigenvalue weighted by Gasteiger charge is -2.13. The van der Waals surface area contributed by atoms with Crippen LogP contribution >= 0.6 is 11.6 Å². The van der Waals surface area contributed by atoms with Gasteiger partial charge in [-0.15, -0.1) is 0 Å². The standard InChI is InChI=1S/C15H16ClFN2O2/c1-20-10-4-3-9(15(5-10)21-2)8-19-14-7-12(17)11(16)6-13(14)18/h3-7,19H,8,18H2,1-2H3. The molecular weight excluding hydrogens is 295 g/mol. The van der Waals surface area contributed by atoms with Crippen molar-refractivity contribution in [2.45, 2.75) is 6.54 Å². The molecule has 2 aromatic carbocycles. The fourth-order valence-corrected chi connectivity index (χ4v) is 2.08. The van der Waals surface area contributed by atoms with E-state index in [9.17, 15) is 4.39 Å². The van der Waals surface area contributed by atoms with Gasteiger partial charge in [-0.25, -0.2) is 4.39 Å². The Hall–Kier alpha value is -2.14. The van der Waals surface area contributed by atoms with Gasteiger partial charge in [0.1, 0.15) is 17.3 Å². The molecule has 0 spiro atoms. The predicted octanol–water partition coefficient (Wildman–Crippen LogP) is 3.69. The van der Waals surface area contributed by atoms with E-state index in [1.54, 1.807) is 20.3 Å². The van der Waals surface area contributed by atoms with Crippen LogP contribution in [0.3, 0.4) is 0 Å². The summed E-state index contributed by atoms with van der Waals surface area (Å²) in [6.07, 6.45) is 0. The van der Waals surface area contributed by atoms with Crippen molar-refractivity contribution in [2.24, 2.45) is 0 Å². The van der Waals surface area contributed by atoms with E-state index in [-0.39, 0.29) is 5.02 Å². The molecule has 3 N–H and O–H groups in total. The number of nitrogens with one attached hydrogen (secondary N) is 1. The first-order chi connectivity index (χ1) is 10.0. The Labute approximate surface area is 127 Å². The molecule has 0 heterocycles. The third-order valence-corrected chi connectivity index (χ3v) is 3.35. The quantitative estimate of drug-likeness (QED) is 0.827. The zero-order chi connectivity index (χ0) is 15.4. The van der Waals surface area contributed by atoms with Gasteiger partial charge in [0.15, 0.2) is 0 Å². The Bertz CT molecular complexity index is 650. The maximum Gasteiger partial charge on any atom is 0.143 e. The number of nitrogens with two attached hydrogens (primary N) is 1. The van der Waals surface area contributed by atoms with Crippen LogP contribution in [0.25, 0.3) is 0 Å². The highest BCUT2D eigenvalue weighted by Crippen LogP contribution is 2.29. The molecule has 0 unspecified atom stereocenters. The van der Waals surface area contributed by atoms with Gasteiger partial charge in [0.05, 0.1) is 30.6 Å². The molecule has 21 heavy (non-hydrogen) atoms. The van der Waals surface area contributed by atoms with Crippen LogP contribution in [0.4, 0.5) is 15.8 Å². The fraction of sp³-hybridized carbons (Fsp3) is 0.200. The number of hydrogen-bond acceptors (Lipinski definition) is 4. The van der Waals surface area contributed by atoms with E-state index in [2.05, 4.69) is 5.32 Å². The summed E-state index contributed by atoms with van der Waals surface area (Å²) in [6, 6.07) is 8.12. The molecule has 0 fully saturated rings. The van der Waals surface area contributed by atoms with Crippen LogP contribution in [0.5, 0.6) is 11.5 Å². The lowest BCUT2D eigenvalue weighted by atomic mass is 10.1. The Morgan fingerprint density at radius 2 is 1.95 bits per heavy atom. The molecule has 0 amide bonds. The normalized spacial score (nSPS) is 10.3. The third kappa shape index (κ3) is 3.49. The molecule has 0 aliphatic heterocycles. The van der Waals surface area contributed by atoms with Crippen molar-refractivity contribution in [3.63, 3.8) is 0 Å². The lowest BCUT2D eigenvalue weighted by Crippen LogP contribution is -2.05. The van der Waals surface area contributed by atoms with E-state index < -0.39 is 5.82 Å². The minimum atomic E-state index is -0.518. The first-order valence-electron chi connectivity index (χ1n) is 6.24. The third-order valence-electron chi connectivity index (χ3n) is 3.06. The molecule has 0 atom stereocenters. The van der Waals surface area contributed by atoms with E-state index in [1.165, 1.54) is 12.1 Å². The van der Waals surface area contributed by atoms with Crippen LogP contribution in [0.15, 0.2) is 30.3 Å². The molecular formula is C15H16ClFN2O2. The molecule has 0 aliphatic rings. The lowest BCUT2D eigenvalue weighted by molar-refractivity contribution is 0.391. The summed E-state index contributed by atoms with van der Waals surface area (Å²) in [4.78, 5) is 0. The molecule has 6 heteroatoms. The molecule has 2 rings (SSSR count). The van der Waals surface area contributed by atoms with Gasteiger partial charge >= 0.3 is 0 Å². The van der Waals surface area contributed by atoms with Crippen molar-refractivity contribution in [1.29, 1.82) is 0 Å². The molecule has 0 aliphatic carbocycles. The van der Waals surface area contributed by atoms with Gasteiger partial charge in [-0.2, -0.15) is 0 Å². The molecule has 0 aromatic heterocycles. The molecule has 0 radical (unpaired) electrons. The Morgan fingerprint density at radius 1 is 1.19 bits per heavy atom. The van der Waals surface area contributed by atoms with E-state index in [0.717, 1.165) is 5.56 Å². The first kappa shape index (κ1) is 15.3. The average Bonchev–Trinajstić information content (AvgIpc) is 2.49. The van der Waals surface area contributed by atoms with Gasteiger partial charge in [0.25, 0.3) is 0 Å². The maximum absolute atomic E-state index is 13.5. The van der Waals surface area contributed by atoms with Gasteiger partial charge in [-0.1, -0.05) is 11.6 Å². The number of halogens is 2. The number of nitrogen functional groups attached to an aromatic ring is 1. The van der Waals surface area contributed by atoms with E-state index in [0.29, 0.717) is 29.4 Å². The summed E-state index contributed by atoms with van der Waals surface area (Å²) in [7, 11) is 3.17. The first-order valence-corrected chi connectivity index (χ1v) is 6.62. The van der Waals surface area contributed by atoms with Gasteiger partial charge < -0.3 is 20.5 Å². The van der Waals surface area contributed by atoms with Crippen LogP contribution in [0.2, 0.25) is 5.02 Å². The largest absolute Gasteiger partial charge is 0.497 e. The van der Waals surface area contributed by atoms with Crippen LogP contribution in [0.1, 0.15) is 5.56 Å². The molecule has 0 bridgehead atoms. The summed E-state index contributed by atoms with van der Waals surface area (Å²) in [5, 5.41) is 3.07. The highest BCUT2D eigenvalue weighted by Gasteiger charge is 2.08. The molecule has 112 valence electrons. The Kier molecular flexibility index (Phi) is 4.75. The molecule has 4 nitrogen and oxygen atoms in total. The molecule has 0 saturated carbocycles. The Balaban J connectivity index is 2.18. The van der Waals surface area contributed by atoms with Crippen molar-refractivity contribution in [3.8, 4) is 11.5 Å². The predicted molar refractivity (Wildman–Crippen MR) is 82.7 cm³/mol. The van der Waals surface area contributed by atoms with Crippen LogP contribution in [-0.2, 0) is 6.54 Å². The fourth-order valence-electron chi connectivity index (χ4n) is 1.90. The van der Waals surface area contributed by atoms with Gasteiger partial charge in [-0.05, 0) is 18.2 Å². The van der Waals surface area contributed by atoms with Gasteiger partial charge in [-0.3, -0.25) is 0 Å². The number of ether oxygens (including phenoxy) is 2. The van der Waals surface area contributed by atoms with E-state index >= 15 is 0 Å². The van der Waals surface area contributed by atoms with Crippen molar-refractivity contribution in [1.82, 2.24) is 0 Å². The van der Waals surface area contributed by atoms with E-state index in [1.807, 2.05) is 12.1 Å². The number of hydrogen-bond donors (Lipinski definition) is 2. The van der Waals surface area contributed by atoms with Crippen molar-refractivity contribution < 1.29 is 13.9 Å². The zero-order valence-electron chi connectivity index (χ0n) is 11.7. The maximum atomic E-state index is 13.5. The van der Waals surface area contributed by atoms with Crippen molar-refractivity contribution >= 4 is 23.0 Å². The minimum Gasteiger partial charge on any atom is -0.497 e. The average molecular weight is 311 g/mol. The number of anilines is 2. The monoisotopic (exact) mass is 310 g/mol. The number of methoxy groups -OCH3 is 2. The zero-order valence-corrected chi connectivity index (χ0v) is 12.5. The van der Waals surface area contributed by atoms with Crippen molar-refractivity contribution in [2.75, 3.05) is 25.3 Å². The SMILES string of the molecule is COc1ccc(CNc2cc(F)c(Cl)cc2N)c(OC)c1. The summed E-state index contributed by atoms with van der Waals surface area (Å²) in [6.45, 7) is 0.429. The number of rotatable bonds is 5. The van der Waals surface area contributed by atoms with Crippen LogP contribution in [0, 0.1) is 5.82 Å². The minimum absolute atomic E-state index is 0.0000723. The van der Waals surface area contributed by atoms with Crippen LogP contribution in [-0.4, -0.2) is 14.2 Å². The highest BCUT2D eigenvalue weighted by atomic mass is 35.5. The second kappa shape index (κ2) is 6.54. The van der Waals surface area contributed by atoms with E-state index in [4.69, 9.17) is 26.8 Å². The van der Waals surface area contributed by atoms with Crippen LogP contribution < -0.4 is 20.5 Å². The molecule has 0 saturated heterocycles. The van der Waals surface area contributed by atoms with Gasteiger partial charge in [0.2, 0.25) is 0 Å². The molecule has 2 aromatic rings.